The monoisotopic (exact) mass is 1000 g/mol. The summed E-state index contributed by atoms with van der Waals surface area (Å²) in [7, 11) is -5.50. The molecule has 17 nitrogen and oxygen atoms in total. The van der Waals surface area contributed by atoms with Crippen molar-refractivity contribution in [1.29, 1.82) is 0 Å². The molecule has 2 rings (SSSR count). The number of ether oxygens (including phenoxy) is 2. The van der Waals surface area contributed by atoms with Gasteiger partial charge in [0.1, 0.15) is 36.8 Å². The van der Waals surface area contributed by atoms with Crippen molar-refractivity contribution in [3.05, 3.63) is 60.8 Å². The van der Waals surface area contributed by atoms with Crippen molar-refractivity contribution in [3.8, 4) is 0 Å². The van der Waals surface area contributed by atoms with Crippen LogP contribution >= 0.6 is 7.82 Å². The molecule has 1 aliphatic heterocycles. The molecule has 396 valence electrons. The number of ketones is 1. The van der Waals surface area contributed by atoms with Crippen LogP contribution in [0, 0.1) is 11.8 Å². The summed E-state index contributed by atoms with van der Waals surface area (Å²) in [6, 6.07) is 0. The number of hydrogen-bond donors (Lipinski definition) is 9. The summed E-state index contributed by atoms with van der Waals surface area (Å²) in [4.78, 5) is 49.7. The van der Waals surface area contributed by atoms with Crippen molar-refractivity contribution in [1.82, 2.24) is 0 Å². The second-order valence-corrected chi connectivity index (χ2v) is 19.7. The Kier molecular flexibility index (Phi) is 32.5. The number of Topliss-reactive ketones (excluding diaryl/α,β-unsaturated/α-hetero) is 1. The largest absolute Gasteiger partial charge is 0.472 e. The molecule has 13 atom stereocenters. The molecule has 0 aromatic carbocycles. The summed E-state index contributed by atoms with van der Waals surface area (Å²) in [5.41, 5.74) is 0. The Bertz CT molecular complexity index is 1630. The predicted molar refractivity (Wildman–Crippen MR) is 260 cm³/mol. The lowest BCUT2D eigenvalue weighted by molar-refractivity contribution is -0.168. The van der Waals surface area contributed by atoms with Gasteiger partial charge in [0.05, 0.1) is 37.1 Å². The normalized spacial score (nSPS) is 31.4. The Morgan fingerprint density at radius 1 is 0.725 bits per heavy atom. The zero-order valence-corrected chi connectivity index (χ0v) is 41.8. The van der Waals surface area contributed by atoms with Crippen molar-refractivity contribution < 1.29 is 83.2 Å². The lowest BCUT2D eigenvalue weighted by atomic mass is 9.82. The van der Waals surface area contributed by atoms with Crippen molar-refractivity contribution in [2.75, 3.05) is 13.2 Å². The molecule has 1 saturated carbocycles. The fraction of sp³-hybridized carbons (Fsp3) is 0.745. The first-order valence-corrected chi connectivity index (χ1v) is 26.8. The zero-order valence-electron chi connectivity index (χ0n) is 40.9. The highest BCUT2D eigenvalue weighted by Crippen LogP contribution is 2.47. The van der Waals surface area contributed by atoms with E-state index in [-0.39, 0.29) is 32.1 Å². The van der Waals surface area contributed by atoms with Gasteiger partial charge in [-0.3, -0.25) is 23.4 Å². The molecule has 1 unspecified atom stereocenters. The molecule has 0 amide bonds. The van der Waals surface area contributed by atoms with E-state index in [1.807, 2.05) is 6.92 Å². The van der Waals surface area contributed by atoms with E-state index >= 15 is 0 Å². The van der Waals surface area contributed by atoms with E-state index in [4.69, 9.17) is 18.5 Å². The number of aliphatic hydroxyl groups excluding tert-OH is 8. The van der Waals surface area contributed by atoms with Gasteiger partial charge in [0.25, 0.3) is 0 Å². The SMILES string of the molecule is CCCCC/C=C\C/C=C\C/C=C\C/C=C\CCCCCC(=O)OC[C@@H]1COP(=O)(O)O[C@H]2[C@H](O)[C@@H](O)[C@H](O)[C@@H](CC(=O)CCCCC(=O)O1)[C@@H](O)C[C@@H](O)[C@H](/C=C/[C@@H](O)CCCCC)[C@@H](O)[C@H]2O. The van der Waals surface area contributed by atoms with Gasteiger partial charge in [-0.1, -0.05) is 113 Å². The van der Waals surface area contributed by atoms with Crippen molar-refractivity contribution in [2.24, 2.45) is 11.8 Å². The third-order valence-corrected chi connectivity index (χ3v) is 13.3. The maximum Gasteiger partial charge on any atom is 0.472 e. The van der Waals surface area contributed by atoms with Crippen molar-refractivity contribution in [2.45, 2.75) is 216 Å². The molecule has 0 aromatic rings. The van der Waals surface area contributed by atoms with E-state index in [0.29, 0.717) is 19.3 Å². The minimum atomic E-state index is -5.50. The molecule has 0 radical (unpaired) electrons. The van der Waals surface area contributed by atoms with Crippen molar-refractivity contribution in [3.63, 3.8) is 0 Å². The van der Waals surface area contributed by atoms with Gasteiger partial charge in [0, 0.05) is 43.9 Å². The van der Waals surface area contributed by atoms with Crippen LogP contribution in [0.5, 0.6) is 0 Å². The highest BCUT2D eigenvalue weighted by Gasteiger charge is 2.49. The molecular formula is C51H85O17P. The van der Waals surface area contributed by atoms with Crippen LogP contribution in [0.1, 0.15) is 155 Å². The first-order valence-electron chi connectivity index (χ1n) is 25.3. The number of unbranched alkanes of at least 4 members (excludes halogenated alkanes) is 8. The zero-order chi connectivity index (χ0) is 51.0. The Labute approximate surface area is 409 Å². The lowest BCUT2D eigenvalue weighted by Gasteiger charge is -2.37. The number of carbonyl (C=O) groups excluding carboxylic acids is 3. The maximum absolute atomic E-state index is 13.5. The van der Waals surface area contributed by atoms with E-state index in [2.05, 4.69) is 55.5 Å². The smallest absolute Gasteiger partial charge is 0.462 e. The molecule has 2 bridgehead atoms. The molecule has 2 fully saturated rings. The Hall–Kier alpha value is -2.90. The number of carbonyl (C=O) groups is 3. The maximum atomic E-state index is 13.5. The molecular weight excluding hydrogens is 916 g/mol. The summed E-state index contributed by atoms with van der Waals surface area (Å²) in [6.07, 6.45) is 11.5. The highest BCUT2D eigenvalue weighted by atomic mass is 31.2. The summed E-state index contributed by atoms with van der Waals surface area (Å²) in [5.74, 6) is -5.06. The number of aliphatic hydroxyl groups is 8. The highest BCUT2D eigenvalue weighted by molar-refractivity contribution is 7.47. The molecule has 18 heteroatoms. The Morgan fingerprint density at radius 3 is 1.94 bits per heavy atom. The third-order valence-electron chi connectivity index (χ3n) is 12.3. The molecule has 1 saturated heterocycles. The van der Waals surface area contributed by atoms with Gasteiger partial charge in [0.2, 0.25) is 0 Å². The van der Waals surface area contributed by atoms with Crippen LogP contribution in [0.15, 0.2) is 60.8 Å². The van der Waals surface area contributed by atoms with E-state index < -0.39 is 124 Å². The van der Waals surface area contributed by atoms with E-state index in [1.165, 1.54) is 31.4 Å². The number of allylic oxidation sites excluding steroid dienone is 8. The second kappa shape index (κ2) is 36.1. The molecule has 0 spiro atoms. The molecule has 1 aliphatic carbocycles. The number of esters is 2. The summed E-state index contributed by atoms with van der Waals surface area (Å²) in [6.45, 7) is 2.67. The van der Waals surface area contributed by atoms with Crippen molar-refractivity contribution >= 4 is 25.5 Å². The van der Waals surface area contributed by atoms with E-state index in [0.717, 1.165) is 57.8 Å². The van der Waals surface area contributed by atoms with Gasteiger partial charge < -0.3 is 55.2 Å². The van der Waals surface area contributed by atoms with E-state index in [1.54, 1.807) is 0 Å². The summed E-state index contributed by atoms with van der Waals surface area (Å²) in [5, 5.41) is 90.0. The molecule has 9 N–H and O–H groups in total. The van der Waals surface area contributed by atoms with Crippen LogP contribution in [0.4, 0.5) is 0 Å². The predicted octanol–water partition coefficient (Wildman–Crippen LogP) is 6.06. The van der Waals surface area contributed by atoms with Gasteiger partial charge in [-0.15, -0.1) is 0 Å². The summed E-state index contributed by atoms with van der Waals surface area (Å²) < 4.78 is 34.6. The molecule has 1 heterocycles. The average molecular weight is 1000 g/mol. The topological polar surface area (TPSA) is 287 Å². The van der Waals surface area contributed by atoms with Crippen LogP contribution in [-0.2, 0) is 37.5 Å². The van der Waals surface area contributed by atoms with Gasteiger partial charge in [-0.25, -0.2) is 4.57 Å². The average Bonchev–Trinajstić information content (AvgIpc) is 3.31. The number of hydrogen-bond acceptors (Lipinski definition) is 16. The molecule has 0 aromatic heterocycles. The van der Waals surface area contributed by atoms with Gasteiger partial charge >= 0.3 is 19.8 Å². The van der Waals surface area contributed by atoms with Gasteiger partial charge in [-0.05, 0) is 70.6 Å². The van der Waals surface area contributed by atoms with Gasteiger partial charge in [0.15, 0.2) is 6.10 Å². The van der Waals surface area contributed by atoms with Crippen LogP contribution < -0.4 is 0 Å². The van der Waals surface area contributed by atoms with Crippen LogP contribution in [-0.4, -0.2) is 138 Å². The Morgan fingerprint density at radius 2 is 1.30 bits per heavy atom. The number of fused-ring (bicyclic) bond motifs is 4. The number of phosphoric ester groups is 1. The fourth-order valence-electron chi connectivity index (χ4n) is 8.09. The molecule has 2 aliphatic rings. The van der Waals surface area contributed by atoms with Crippen LogP contribution in [0.2, 0.25) is 0 Å². The first-order chi connectivity index (χ1) is 33.0. The van der Waals surface area contributed by atoms with Crippen LogP contribution in [0.3, 0.4) is 0 Å². The van der Waals surface area contributed by atoms with Crippen LogP contribution in [0.25, 0.3) is 0 Å². The number of cyclic esters (lactones) is 1. The standard InChI is InChI=1S/C51H85O17P/c1-3-5-7-8-9-10-11-12-13-14-15-16-17-18-19-20-21-22-24-29-44(56)65-35-39-36-66-69(63,64)68-51-49(61)46(58)40(32-31-37(52)27-23-6-4-2)42(54)34-43(55)41(47(59)48(60)50(51)62)33-38(53)28-25-26-30-45(57)67-39/h9-10,12-13,15-16,18-19,31-32,37,39-43,46-52,54-55,58-62H,3-8,11,14,17,20-30,33-36H2,1-2H3,(H,63,64)/b10-9-,13-12-,16-15-,19-18-,32-31+/t37-,39+,40-,41-,42+,43-,46+,47+,48-,49+,50+,51+/m0/s1. The second-order valence-electron chi connectivity index (χ2n) is 18.3. The van der Waals surface area contributed by atoms with Gasteiger partial charge in [-0.2, -0.15) is 0 Å². The quantitative estimate of drug-likeness (QED) is 0.0230. The number of rotatable bonds is 24. The fourth-order valence-corrected chi connectivity index (χ4v) is 9.07. The summed E-state index contributed by atoms with van der Waals surface area (Å²) >= 11 is 0. The number of phosphoric acid groups is 1. The molecule has 69 heavy (non-hydrogen) atoms. The Balaban J connectivity index is 2.11. The minimum Gasteiger partial charge on any atom is -0.462 e. The lowest BCUT2D eigenvalue weighted by Crippen LogP contribution is -2.56. The van der Waals surface area contributed by atoms with E-state index in [9.17, 15) is 64.7 Å². The first kappa shape index (κ1) is 62.2. The third kappa shape index (κ3) is 26.4. The minimum absolute atomic E-state index is 0.0420.